The van der Waals surface area contributed by atoms with E-state index in [9.17, 15) is 13.5 Å². The van der Waals surface area contributed by atoms with Crippen LogP contribution >= 0.6 is 15.9 Å². The van der Waals surface area contributed by atoms with Crippen LogP contribution < -0.4 is 4.74 Å². The van der Waals surface area contributed by atoms with Gasteiger partial charge in [-0.1, -0.05) is 28.9 Å². The van der Waals surface area contributed by atoms with Crippen molar-refractivity contribution in [3.05, 3.63) is 28.2 Å². The molecule has 0 aliphatic heterocycles. The predicted octanol–water partition coefficient (Wildman–Crippen LogP) is 2.71. The Morgan fingerprint density at radius 1 is 1.42 bits per heavy atom. The molecular weight excluding hydrogens is 332 g/mol. The highest BCUT2D eigenvalue weighted by molar-refractivity contribution is 9.10. The van der Waals surface area contributed by atoms with Crippen molar-refractivity contribution >= 4 is 25.8 Å². The Morgan fingerprint density at radius 3 is 2.68 bits per heavy atom. The van der Waals surface area contributed by atoms with Gasteiger partial charge in [-0.05, 0) is 25.5 Å². The highest BCUT2D eigenvalue weighted by Gasteiger charge is 2.11. The topological polar surface area (TPSA) is 63.6 Å². The third-order valence-electron chi connectivity index (χ3n) is 2.72. The molecule has 0 amide bonds. The first-order valence-electron chi connectivity index (χ1n) is 6.16. The Morgan fingerprint density at radius 2 is 2.11 bits per heavy atom. The van der Waals surface area contributed by atoms with E-state index in [-0.39, 0.29) is 11.5 Å². The quantitative estimate of drug-likeness (QED) is 0.768. The van der Waals surface area contributed by atoms with Crippen LogP contribution in [0.1, 0.15) is 31.9 Å². The molecule has 0 spiro atoms. The Bertz CT molecular complexity index is 511. The fourth-order valence-corrected chi connectivity index (χ4v) is 2.77. The molecule has 0 radical (unpaired) electrons. The number of benzene rings is 1. The molecule has 1 aromatic carbocycles. The lowest BCUT2D eigenvalue weighted by Gasteiger charge is -2.13. The zero-order valence-electron chi connectivity index (χ0n) is 11.1. The SMILES string of the molecule is CCS(=O)(=O)CCCOc1cc(Br)ccc1[C@@H](C)O. The van der Waals surface area contributed by atoms with Crippen LogP contribution in [0.2, 0.25) is 0 Å². The molecule has 0 fully saturated rings. The first-order valence-corrected chi connectivity index (χ1v) is 8.78. The van der Waals surface area contributed by atoms with E-state index in [1.165, 1.54) is 0 Å². The standard InChI is InChI=1S/C13H19BrO4S/c1-3-19(16,17)8-4-7-18-13-9-11(14)5-6-12(13)10(2)15/h5-6,9-10,15H,3-4,7-8H2,1-2H3/t10-/m1/s1. The van der Waals surface area contributed by atoms with Gasteiger partial charge >= 0.3 is 0 Å². The maximum atomic E-state index is 11.3. The number of hydrogen-bond donors (Lipinski definition) is 1. The number of aliphatic hydroxyl groups is 1. The van der Waals surface area contributed by atoms with Gasteiger partial charge in [-0.3, -0.25) is 0 Å². The number of hydrogen-bond acceptors (Lipinski definition) is 4. The first kappa shape index (κ1) is 16.5. The third kappa shape index (κ3) is 5.50. The van der Waals surface area contributed by atoms with Crippen LogP contribution in [0.3, 0.4) is 0 Å². The van der Waals surface area contributed by atoms with E-state index < -0.39 is 15.9 Å². The average Bonchev–Trinajstić information content (AvgIpc) is 2.34. The second-order valence-electron chi connectivity index (χ2n) is 4.30. The highest BCUT2D eigenvalue weighted by Crippen LogP contribution is 2.28. The smallest absolute Gasteiger partial charge is 0.150 e. The summed E-state index contributed by atoms with van der Waals surface area (Å²) < 4.78 is 29.1. The Hall–Kier alpha value is -0.590. The lowest BCUT2D eigenvalue weighted by atomic mass is 10.1. The van der Waals surface area contributed by atoms with Crippen LogP contribution in [-0.4, -0.2) is 31.6 Å². The maximum Gasteiger partial charge on any atom is 0.150 e. The van der Waals surface area contributed by atoms with Gasteiger partial charge in [0.2, 0.25) is 0 Å². The zero-order chi connectivity index (χ0) is 14.5. The van der Waals surface area contributed by atoms with Crippen LogP contribution in [-0.2, 0) is 9.84 Å². The minimum Gasteiger partial charge on any atom is -0.493 e. The van der Waals surface area contributed by atoms with Gasteiger partial charge in [-0.2, -0.15) is 0 Å². The monoisotopic (exact) mass is 350 g/mol. The van der Waals surface area contributed by atoms with Gasteiger partial charge in [0.05, 0.1) is 18.5 Å². The average molecular weight is 351 g/mol. The van der Waals surface area contributed by atoms with Gasteiger partial charge in [-0.15, -0.1) is 0 Å². The van der Waals surface area contributed by atoms with Gasteiger partial charge in [-0.25, -0.2) is 8.42 Å². The summed E-state index contributed by atoms with van der Waals surface area (Å²) in [6.45, 7) is 3.61. The number of aliphatic hydroxyl groups excluding tert-OH is 1. The molecule has 6 heteroatoms. The number of halogens is 1. The lowest BCUT2D eigenvalue weighted by molar-refractivity contribution is 0.191. The van der Waals surface area contributed by atoms with Gasteiger partial charge in [0, 0.05) is 15.8 Å². The van der Waals surface area contributed by atoms with Crippen LogP contribution in [0.4, 0.5) is 0 Å². The third-order valence-corrected chi connectivity index (χ3v) is 5.01. The van der Waals surface area contributed by atoms with Crippen molar-refractivity contribution in [2.45, 2.75) is 26.4 Å². The molecule has 0 aliphatic rings. The van der Waals surface area contributed by atoms with Crippen molar-refractivity contribution in [3.8, 4) is 5.75 Å². The largest absolute Gasteiger partial charge is 0.493 e. The summed E-state index contributed by atoms with van der Waals surface area (Å²) >= 11 is 3.34. The fourth-order valence-electron chi connectivity index (χ4n) is 1.58. The molecule has 0 saturated heterocycles. The van der Waals surface area contributed by atoms with Gasteiger partial charge in [0.15, 0.2) is 0 Å². The molecular formula is C13H19BrO4S. The summed E-state index contributed by atoms with van der Waals surface area (Å²) in [6, 6.07) is 5.39. The van der Waals surface area contributed by atoms with Crippen molar-refractivity contribution < 1.29 is 18.3 Å². The van der Waals surface area contributed by atoms with Crippen LogP contribution in [0, 0.1) is 0 Å². The molecule has 108 valence electrons. The molecule has 0 aromatic heterocycles. The van der Waals surface area contributed by atoms with Crippen molar-refractivity contribution in [2.24, 2.45) is 0 Å². The Labute approximate surface area is 122 Å². The van der Waals surface area contributed by atoms with Crippen molar-refractivity contribution in [1.29, 1.82) is 0 Å². The Kier molecular flexibility index (Phi) is 6.29. The van der Waals surface area contributed by atoms with E-state index in [0.29, 0.717) is 24.3 Å². The molecule has 1 N–H and O–H groups in total. The minimum absolute atomic E-state index is 0.127. The summed E-state index contributed by atoms with van der Waals surface area (Å²) in [5.74, 6) is 0.864. The maximum absolute atomic E-state index is 11.3. The van der Waals surface area contributed by atoms with E-state index in [0.717, 1.165) is 4.47 Å². The highest BCUT2D eigenvalue weighted by atomic mass is 79.9. The van der Waals surface area contributed by atoms with Crippen LogP contribution in [0.5, 0.6) is 5.75 Å². The van der Waals surface area contributed by atoms with Crippen molar-refractivity contribution in [3.63, 3.8) is 0 Å². The first-order chi connectivity index (χ1) is 8.85. The molecule has 0 saturated carbocycles. The summed E-state index contributed by atoms with van der Waals surface area (Å²) in [7, 11) is -2.95. The van der Waals surface area contributed by atoms with E-state index >= 15 is 0 Å². The summed E-state index contributed by atoms with van der Waals surface area (Å²) in [5.41, 5.74) is 0.696. The number of sulfone groups is 1. The molecule has 1 rings (SSSR count). The zero-order valence-corrected chi connectivity index (χ0v) is 13.5. The normalized spacial score (nSPS) is 13.3. The fraction of sp³-hybridized carbons (Fsp3) is 0.538. The van der Waals surface area contributed by atoms with Gasteiger partial charge < -0.3 is 9.84 Å². The van der Waals surface area contributed by atoms with E-state index in [4.69, 9.17) is 4.74 Å². The lowest BCUT2D eigenvalue weighted by Crippen LogP contribution is -2.12. The minimum atomic E-state index is -2.95. The molecule has 0 aliphatic carbocycles. The molecule has 0 unspecified atom stereocenters. The van der Waals surface area contributed by atoms with Gasteiger partial charge in [0.25, 0.3) is 0 Å². The van der Waals surface area contributed by atoms with Gasteiger partial charge in [0.1, 0.15) is 15.6 Å². The summed E-state index contributed by atoms with van der Waals surface area (Å²) in [5, 5.41) is 9.63. The molecule has 4 nitrogen and oxygen atoms in total. The van der Waals surface area contributed by atoms with E-state index in [1.807, 2.05) is 6.07 Å². The molecule has 0 bridgehead atoms. The van der Waals surface area contributed by atoms with Crippen molar-refractivity contribution in [1.82, 2.24) is 0 Å². The molecule has 1 atom stereocenters. The molecule has 1 aromatic rings. The van der Waals surface area contributed by atoms with E-state index in [2.05, 4.69) is 15.9 Å². The number of rotatable bonds is 7. The number of ether oxygens (including phenoxy) is 1. The molecule has 0 heterocycles. The van der Waals surface area contributed by atoms with Crippen LogP contribution in [0.25, 0.3) is 0 Å². The second kappa shape index (κ2) is 7.26. The van der Waals surface area contributed by atoms with E-state index in [1.54, 1.807) is 26.0 Å². The van der Waals surface area contributed by atoms with Crippen molar-refractivity contribution in [2.75, 3.05) is 18.1 Å². The Balaban J connectivity index is 2.60. The second-order valence-corrected chi connectivity index (χ2v) is 7.68. The molecule has 19 heavy (non-hydrogen) atoms. The van der Waals surface area contributed by atoms with Crippen LogP contribution in [0.15, 0.2) is 22.7 Å². The predicted molar refractivity (Wildman–Crippen MR) is 79.2 cm³/mol. The summed E-state index contributed by atoms with van der Waals surface area (Å²) in [6.07, 6.45) is -0.176. The summed E-state index contributed by atoms with van der Waals surface area (Å²) in [4.78, 5) is 0.